The molecule has 66 valence electrons. The first-order valence-electron chi connectivity index (χ1n) is 4.19. The Labute approximate surface area is 77.2 Å². The lowest BCUT2D eigenvalue weighted by Gasteiger charge is -2.01. The summed E-state index contributed by atoms with van der Waals surface area (Å²) in [5.41, 5.74) is 5.17. The standard InChI is InChI=1S/C10H11N3/c1-11-10-7-6-8-4-2-3-5-9(8)12-13-10/h2-7,12H,1H3,(H,11,13). The van der Waals surface area contributed by atoms with Gasteiger partial charge in [-0.15, -0.1) is 0 Å². The number of fused-ring (bicyclic) bond motifs is 1. The Bertz CT molecular complexity index is 366. The van der Waals surface area contributed by atoms with Crippen LogP contribution in [0.1, 0.15) is 5.56 Å². The third-order valence-corrected chi connectivity index (χ3v) is 1.93. The van der Waals surface area contributed by atoms with Gasteiger partial charge in [0.1, 0.15) is 5.84 Å². The van der Waals surface area contributed by atoms with Crippen molar-refractivity contribution in [2.75, 3.05) is 12.5 Å². The van der Waals surface area contributed by atoms with E-state index in [1.807, 2.05) is 43.5 Å². The maximum Gasteiger partial charge on any atom is 0.145 e. The van der Waals surface area contributed by atoms with Crippen LogP contribution in [-0.4, -0.2) is 12.9 Å². The van der Waals surface area contributed by atoms with E-state index in [0.717, 1.165) is 17.1 Å². The first-order valence-corrected chi connectivity index (χ1v) is 4.19. The molecule has 3 heteroatoms. The highest BCUT2D eigenvalue weighted by atomic mass is 15.3. The molecule has 1 aliphatic rings. The highest BCUT2D eigenvalue weighted by molar-refractivity contribution is 5.98. The van der Waals surface area contributed by atoms with Gasteiger partial charge in [-0.2, -0.15) is 5.10 Å². The zero-order valence-corrected chi connectivity index (χ0v) is 7.41. The number of hydrogen-bond donors (Lipinski definition) is 2. The molecular weight excluding hydrogens is 162 g/mol. The van der Waals surface area contributed by atoms with E-state index in [4.69, 9.17) is 0 Å². The molecule has 1 aromatic carbocycles. The number of para-hydroxylation sites is 1. The van der Waals surface area contributed by atoms with Crippen molar-refractivity contribution in [3.63, 3.8) is 0 Å². The maximum atomic E-state index is 4.15. The first kappa shape index (κ1) is 7.86. The summed E-state index contributed by atoms with van der Waals surface area (Å²) >= 11 is 0. The number of amidine groups is 1. The smallest absolute Gasteiger partial charge is 0.145 e. The number of hydrazone groups is 1. The molecule has 1 heterocycles. The summed E-state index contributed by atoms with van der Waals surface area (Å²) in [6, 6.07) is 8.05. The molecule has 0 saturated heterocycles. The molecule has 0 atom stereocenters. The van der Waals surface area contributed by atoms with Crippen molar-refractivity contribution >= 4 is 17.6 Å². The number of anilines is 1. The summed E-state index contributed by atoms with van der Waals surface area (Å²) in [6.07, 6.45) is 3.98. The predicted octanol–water partition coefficient (Wildman–Crippen LogP) is 1.66. The Morgan fingerprint density at radius 1 is 1.23 bits per heavy atom. The monoisotopic (exact) mass is 173 g/mol. The van der Waals surface area contributed by atoms with E-state index in [-0.39, 0.29) is 0 Å². The zero-order valence-electron chi connectivity index (χ0n) is 7.41. The Balaban J connectivity index is 2.39. The van der Waals surface area contributed by atoms with E-state index in [0.29, 0.717) is 0 Å². The van der Waals surface area contributed by atoms with Crippen molar-refractivity contribution < 1.29 is 0 Å². The van der Waals surface area contributed by atoms with Gasteiger partial charge in [0.15, 0.2) is 0 Å². The van der Waals surface area contributed by atoms with Crippen molar-refractivity contribution in [2.24, 2.45) is 5.10 Å². The van der Waals surface area contributed by atoms with Crippen LogP contribution in [0, 0.1) is 0 Å². The number of nitrogens with one attached hydrogen (secondary N) is 2. The van der Waals surface area contributed by atoms with E-state index >= 15 is 0 Å². The zero-order chi connectivity index (χ0) is 9.10. The van der Waals surface area contributed by atoms with Gasteiger partial charge in [-0.3, -0.25) is 5.43 Å². The second kappa shape index (κ2) is 3.31. The Morgan fingerprint density at radius 3 is 2.92 bits per heavy atom. The fourth-order valence-electron chi connectivity index (χ4n) is 1.21. The summed E-state index contributed by atoms with van der Waals surface area (Å²) < 4.78 is 0. The van der Waals surface area contributed by atoms with E-state index in [1.54, 1.807) is 0 Å². The van der Waals surface area contributed by atoms with Crippen LogP contribution in [0.4, 0.5) is 5.69 Å². The maximum absolute atomic E-state index is 4.15. The molecule has 0 aromatic heterocycles. The summed E-state index contributed by atoms with van der Waals surface area (Å²) in [6.45, 7) is 0. The van der Waals surface area contributed by atoms with Gasteiger partial charge in [0, 0.05) is 7.05 Å². The van der Waals surface area contributed by atoms with Gasteiger partial charge in [0.2, 0.25) is 0 Å². The number of likely N-dealkylation sites (N-methyl/N-ethyl adjacent to an activating group) is 1. The van der Waals surface area contributed by atoms with E-state index < -0.39 is 0 Å². The normalized spacial score (nSPS) is 13.8. The Hall–Kier alpha value is -1.77. The third kappa shape index (κ3) is 1.54. The summed E-state index contributed by atoms with van der Waals surface area (Å²) in [5, 5.41) is 7.13. The molecule has 2 N–H and O–H groups in total. The summed E-state index contributed by atoms with van der Waals surface area (Å²) in [7, 11) is 1.85. The molecule has 3 nitrogen and oxygen atoms in total. The van der Waals surface area contributed by atoms with Crippen molar-refractivity contribution in [2.45, 2.75) is 0 Å². The SMILES string of the molecule is CNC1=NNc2ccccc2C=C1. The second-order valence-corrected chi connectivity index (χ2v) is 2.78. The van der Waals surface area contributed by atoms with Crippen LogP contribution in [-0.2, 0) is 0 Å². The van der Waals surface area contributed by atoms with Gasteiger partial charge >= 0.3 is 0 Å². The van der Waals surface area contributed by atoms with Crippen LogP contribution in [0.5, 0.6) is 0 Å². The molecule has 0 bridgehead atoms. The Morgan fingerprint density at radius 2 is 2.08 bits per heavy atom. The molecule has 1 aliphatic heterocycles. The highest BCUT2D eigenvalue weighted by Crippen LogP contribution is 2.18. The van der Waals surface area contributed by atoms with Gasteiger partial charge in [0.05, 0.1) is 5.69 Å². The topological polar surface area (TPSA) is 36.4 Å². The van der Waals surface area contributed by atoms with Crippen LogP contribution >= 0.6 is 0 Å². The molecule has 1 aromatic rings. The van der Waals surface area contributed by atoms with Crippen LogP contribution in [0.15, 0.2) is 35.4 Å². The summed E-state index contributed by atoms with van der Waals surface area (Å²) in [4.78, 5) is 0. The molecule has 0 fully saturated rings. The van der Waals surface area contributed by atoms with Crippen LogP contribution in [0.2, 0.25) is 0 Å². The minimum atomic E-state index is 0.830. The largest absolute Gasteiger partial charge is 0.372 e. The quantitative estimate of drug-likeness (QED) is 0.626. The molecule has 2 rings (SSSR count). The molecule has 0 saturated carbocycles. The fraction of sp³-hybridized carbons (Fsp3) is 0.100. The number of benzene rings is 1. The molecule has 0 amide bonds. The van der Waals surface area contributed by atoms with Crippen molar-refractivity contribution in [1.82, 2.24) is 5.32 Å². The fourth-order valence-corrected chi connectivity index (χ4v) is 1.21. The van der Waals surface area contributed by atoms with Crippen molar-refractivity contribution in [1.29, 1.82) is 0 Å². The minimum Gasteiger partial charge on any atom is -0.372 e. The van der Waals surface area contributed by atoms with Crippen LogP contribution in [0.3, 0.4) is 0 Å². The number of hydrogen-bond acceptors (Lipinski definition) is 3. The number of nitrogens with zero attached hydrogens (tertiary/aromatic N) is 1. The lowest BCUT2D eigenvalue weighted by Crippen LogP contribution is -2.16. The van der Waals surface area contributed by atoms with Gasteiger partial charge < -0.3 is 5.32 Å². The summed E-state index contributed by atoms with van der Waals surface area (Å²) in [5.74, 6) is 0.830. The van der Waals surface area contributed by atoms with Crippen LogP contribution in [0.25, 0.3) is 6.08 Å². The van der Waals surface area contributed by atoms with Gasteiger partial charge in [-0.05, 0) is 23.8 Å². The lowest BCUT2D eigenvalue weighted by molar-refractivity contribution is 1.15. The molecule has 0 unspecified atom stereocenters. The van der Waals surface area contributed by atoms with E-state index in [1.165, 1.54) is 0 Å². The average molecular weight is 173 g/mol. The highest BCUT2D eigenvalue weighted by Gasteiger charge is 2.01. The van der Waals surface area contributed by atoms with E-state index in [2.05, 4.69) is 15.8 Å². The van der Waals surface area contributed by atoms with Gasteiger partial charge in [-0.25, -0.2) is 0 Å². The lowest BCUT2D eigenvalue weighted by atomic mass is 10.2. The molecule has 13 heavy (non-hydrogen) atoms. The van der Waals surface area contributed by atoms with Crippen LogP contribution < -0.4 is 10.7 Å². The van der Waals surface area contributed by atoms with Crippen molar-refractivity contribution in [3.8, 4) is 0 Å². The van der Waals surface area contributed by atoms with E-state index in [9.17, 15) is 0 Å². The number of rotatable bonds is 0. The second-order valence-electron chi connectivity index (χ2n) is 2.78. The molecular formula is C10H11N3. The third-order valence-electron chi connectivity index (χ3n) is 1.93. The molecule has 0 radical (unpaired) electrons. The first-order chi connectivity index (χ1) is 6.40. The van der Waals surface area contributed by atoms with Crippen molar-refractivity contribution in [3.05, 3.63) is 35.9 Å². The average Bonchev–Trinajstić information content (AvgIpc) is 2.39. The molecule has 0 aliphatic carbocycles. The Kier molecular flexibility index (Phi) is 2.00. The molecule has 0 spiro atoms. The van der Waals surface area contributed by atoms with Gasteiger partial charge in [0.25, 0.3) is 0 Å². The van der Waals surface area contributed by atoms with Gasteiger partial charge in [-0.1, -0.05) is 18.2 Å². The predicted molar refractivity (Wildman–Crippen MR) is 55.6 cm³/mol. The minimum absolute atomic E-state index is 0.830.